The minimum Gasteiger partial charge on any atom is -0.324 e. The van der Waals surface area contributed by atoms with Gasteiger partial charge in [-0.1, -0.05) is 72.8 Å². The van der Waals surface area contributed by atoms with Crippen molar-refractivity contribution in [2.75, 3.05) is 0 Å². The van der Waals surface area contributed by atoms with Gasteiger partial charge in [0.25, 0.3) is 0 Å². The zero-order chi connectivity index (χ0) is 36.5. The highest BCUT2D eigenvalue weighted by Crippen LogP contribution is 2.42. The van der Waals surface area contributed by atoms with Crippen LogP contribution in [0.4, 0.5) is 0 Å². The summed E-state index contributed by atoms with van der Waals surface area (Å²) in [5.41, 5.74) is 8.83. The van der Waals surface area contributed by atoms with Gasteiger partial charge in [0.1, 0.15) is 22.6 Å². The van der Waals surface area contributed by atoms with Gasteiger partial charge in [0.05, 0.1) is 22.1 Å². The summed E-state index contributed by atoms with van der Waals surface area (Å²) in [7, 11) is 0. The average molecular weight is 719 g/mol. The SMILES string of the molecule is c1ccc2c3c(cnc2c1)-c1nc-3nc2[nH]c(nc3nc(nc4[nH]c(n1)c1c5ccccc5ncc41)-c1cnc4ccccc4c1-3)c1c3ccccc3ncc21. The number of para-hydroxylation sites is 4. The Labute approximate surface area is 314 Å². The summed E-state index contributed by atoms with van der Waals surface area (Å²) in [6.45, 7) is 0. The largest absolute Gasteiger partial charge is 0.324 e. The molecule has 0 aliphatic carbocycles. The number of nitrogens with one attached hydrogen (secondary N) is 2. The van der Waals surface area contributed by atoms with Crippen molar-refractivity contribution in [3.63, 3.8) is 0 Å². The molecular weight excluding hydrogens is 697 g/mol. The summed E-state index contributed by atoms with van der Waals surface area (Å²) in [5.74, 6) is 1.93. The van der Waals surface area contributed by atoms with E-state index in [-0.39, 0.29) is 0 Å². The normalized spacial score (nSPS) is 12.3. The molecule has 8 bridgehead atoms. The topological polar surface area (TPSA) is 160 Å². The molecule has 13 rings (SSSR count). The molecule has 7 aromatic heterocycles. The third kappa shape index (κ3) is 4.01. The van der Waals surface area contributed by atoms with Crippen LogP contribution in [0, 0.1) is 0 Å². The van der Waals surface area contributed by atoms with Gasteiger partial charge in [-0.25, -0.2) is 29.9 Å². The first kappa shape index (κ1) is 29.3. The van der Waals surface area contributed by atoms with Crippen molar-refractivity contribution < 1.29 is 0 Å². The quantitative estimate of drug-likeness (QED) is 0.155. The van der Waals surface area contributed by atoms with Gasteiger partial charge in [-0.15, -0.1) is 0 Å². The Balaban J connectivity index is 1.28. The number of benzene rings is 4. The lowest BCUT2D eigenvalue weighted by Gasteiger charge is -2.03. The monoisotopic (exact) mass is 718 g/mol. The lowest BCUT2D eigenvalue weighted by molar-refractivity contribution is 1.19. The Hall–Kier alpha value is -8.12. The van der Waals surface area contributed by atoms with E-state index in [0.717, 1.165) is 87.4 Å². The molecule has 258 valence electrons. The van der Waals surface area contributed by atoms with Gasteiger partial charge in [0.2, 0.25) is 0 Å². The van der Waals surface area contributed by atoms with E-state index in [4.69, 9.17) is 49.8 Å². The number of aromatic amines is 2. The summed E-state index contributed by atoms with van der Waals surface area (Å²) < 4.78 is 0. The number of pyridine rings is 4. The van der Waals surface area contributed by atoms with Crippen molar-refractivity contribution in [3.05, 3.63) is 122 Å². The van der Waals surface area contributed by atoms with Crippen LogP contribution in [0.15, 0.2) is 122 Å². The number of hydrogen-bond donors (Lipinski definition) is 2. The van der Waals surface area contributed by atoms with Crippen molar-refractivity contribution in [2.24, 2.45) is 0 Å². The maximum Gasteiger partial charge on any atom is 0.166 e. The highest BCUT2D eigenvalue weighted by molar-refractivity contribution is 6.19. The highest BCUT2D eigenvalue weighted by Gasteiger charge is 2.26. The number of H-pyrrole nitrogens is 2. The molecule has 12 nitrogen and oxygen atoms in total. The number of hydrogen-bond acceptors (Lipinski definition) is 10. The summed E-state index contributed by atoms with van der Waals surface area (Å²) in [4.78, 5) is 57.8. The average Bonchev–Trinajstić information content (AvgIpc) is 3.99. The third-order valence-electron chi connectivity index (χ3n) is 10.8. The first-order valence-electron chi connectivity index (χ1n) is 18.1. The fourth-order valence-corrected chi connectivity index (χ4v) is 8.27. The minimum absolute atomic E-state index is 0.467. The van der Waals surface area contributed by atoms with E-state index in [1.807, 2.05) is 116 Å². The highest BCUT2D eigenvalue weighted by atomic mass is 15.1. The van der Waals surface area contributed by atoms with Crippen LogP contribution in [-0.2, 0) is 0 Å². The van der Waals surface area contributed by atoms with Crippen LogP contribution >= 0.6 is 0 Å². The zero-order valence-electron chi connectivity index (χ0n) is 29.0. The van der Waals surface area contributed by atoms with E-state index >= 15 is 0 Å². The van der Waals surface area contributed by atoms with Crippen molar-refractivity contribution in [3.8, 4) is 45.6 Å². The maximum absolute atomic E-state index is 5.33. The number of fused-ring (bicyclic) bond motifs is 28. The van der Waals surface area contributed by atoms with Crippen LogP contribution in [0.5, 0.6) is 0 Å². The van der Waals surface area contributed by atoms with Crippen molar-refractivity contribution in [1.29, 1.82) is 0 Å². The molecule has 0 fully saturated rings. The maximum atomic E-state index is 5.33. The minimum atomic E-state index is 0.467. The number of aromatic nitrogens is 12. The Kier molecular flexibility index (Phi) is 5.63. The van der Waals surface area contributed by atoms with E-state index in [9.17, 15) is 0 Å². The van der Waals surface area contributed by atoms with E-state index in [2.05, 4.69) is 16.0 Å². The lowest BCUT2D eigenvalue weighted by atomic mass is 10.0. The Bertz CT molecular complexity index is 3740. The van der Waals surface area contributed by atoms with E-state index < -0.39 is 0 Å². The molecule has 56 heavy (non-hydrogen) atoms. The first-order valence-corrected chi connectivity index (χ1v) is 18.1. The summed E-state index contributed by atoms with van der Waals surface area (Å²) in [6.07, 6.45) is 7.33. The zero-order valence-corrected chi connectivity index (χ0v) is 29.0. The van der Waals surface area contributed by atoms with Gasteiger partial charge in [0.15, 0.2) is 23.3 Å². The van der Waals surface area contributed by atoms with Gasteiger partial charge in [-0.05, 0) is 24.3 Å². The Morgan fingerprint density at radius 1 is 0.304 bits per heavy atom. The van der Waals surface area contributed by atoms with E-state index in [1.165, 1.54) is 0 Å². The second kappa shape index (κ2) is 10.7. The molecule has 4 aromatic carbocycles. The molecular formula is C44H22N12. The van der Waals surface area contributed by atoms with Gasteiger partial charge < -0.3 is 9.97 Å². The molecule has 2 aliphatic rings. The molecule has 11 aromatic rings. The number of nitrogens with zero attached hydrogens (tertiary/aromatic N) is 10. The summed E-state index contributed by atoms with van der Waals surface area (Å²) in [5, 5.41) is 7.02. The third-order valence-corrected chi connectivity index (χ3v) is 10.8. The van der Waals surface area contributed by atoms with Gasteiger partial charge >= 0.3 is 0 Å². The van der Waals surface area contributed by atoms with Crippen LogP contribution in [0.25, 0.3) is 133 Å². The molecule has 0 amide bonds. The van der Waals surface area contributed by atoms with Crippen LogP contribution in [0.3, 0.4) is 0 Å². The van der Waals surface area contributed by atoms with Crippen LogP contribution in [-0.4, -0.2) is 59.8 Å². The molecule has 0 atom stereocenters. The Morgan fingerprint density at radius 2 is 0.661 bits per heavy atom. The van der Waals surface area contributed by atoms with Crippen molar-refractivity contribution in [2.45, 2.75) is 0 Å². The molecule has 2 aliphatic heterocycles. The predicted octanol–water partition coefficient (Wildman–Crippen LogP) is 9.06. The lowest BCUT2D eigenvalue weighted by Crippen LogP contribution is -1.88. The molecule has 0 radical (unpaired) electrons. The Morgan fingerprint density at radius 3 is 1.14 bits per heavy atom. The van der Waals surface area contributed by atoms with E-state index in [0.29, 0.717) is 45.9 Å². The standard InChI is InChI=1S/C44H22N12/c1-5-13-29-21(9-1)33-25(17-45-29)37-49-38-26-18-46-31-15-7-3-11-23(31)35(26)43(51-38)56-44-36-24-12-4-8-16-32(24)48-20-28(36)40(55-44)54-42-34-22-10-2-6-14-30(22)47-19-27(34)39(53-42)52-41(33)50-37/h1-20H,(H2,49,50,51,52,53,54,55,56). The molecule has 0 saturated carbocycles. The van der Waals surface area contributed by atoms with Gasteiger partial charge in [-0.2, -0.15) is 0 Å². The second-order valence-electron chi connectivity index (χ2n) is 13.9. The van der Waals surface area contributed by atoms with Gasteiger partial charge in [0, 0.05) is 90.1 Å². The van der Waals surface area contributed by atoms with Crippen molar-refractivity contribution >= 4 is 87.7 Å². The van der Waals surface area contributed by atoms with Crippen LogP contribution < -0.4 is 0 Å². The fraction of sp³-hybridized carbons (Fsp3) is 0. The van der Waals surface area contributed by atoms with Crippen LogP contribution in [0.2, 0.25) is 0 Å². The summed E-state index contributed by atoms with van der Waals surface area (Å²) >= 11 is 0. The number of rotatable bonds is 0. The summed E-state index contributed by atoms with van der Waals surface area (Å²) in [6, 6.07) is 32.1. The van der Waals surface area contributed by atoms with E-state index in [1.54, 1.807) is 0 Å². The smallest absolute Gasteiger partial charge is 0.166 e. The molecule has 12 heteroatoms. The van der Waals surface area contributed by atoms with Crippen LogP contribution in [0.1, 0.15) is 0 Å². The molecule has 0 spiro atoms. The molecule has 0 unspecified atom stereocenters. The van der Waals surface area contributed by atoms with Crippen molar-refractivity contribution in [1.82, 2.24) is 59.8 Å². The van der Waals surface area contributed by atoms with Gasteiger partial charge in [-0.3, -0.25) is 19.9 Å². The predicted molar refractivity (Wildman–Crippen MR) is 217 cm³/mol. The first-order chi connectivity index (χ1) is 27.7. The molecule has 9 heterocycles. The molecule has 0 saturated heterocycles. The fourth-order valence-electron chi connectivity index (χ4n) is 8.27. The molecule has 2 N–H and O–H groups in total. The second-order valence-corrected chi connectivity index (χ2v) is 13.9.